The van der Waals surface area contributed by atoms with Crippen LogP contribution in [0.25, 0.3) is 0 Å². The molecule has 0 atom stereocenters. The Morgan fingerprint density at radius 1 is 1.00 bits per heavy atom. The molecular formula is C23H26N4O2. The minimum atomic E-state index is -0.216. The van der Waals surface area contributed by atoms with Gasteiger partial charge >= 0.3 is 0 Å². The molecule has 1 aromatic heterocycles. The van der Waals surface area contributed by atoms with Gasteiger partial charge in [-0.1, -0.05) is 42.0 Å². The van der Waals surface area contributed by atoms with Crippen LogP contribution >= 0.6 is 0 Å². The van der Waals surface area contributed by atoms with Gasteiger partial charge in [-0.2, -0.15) is 0 Å². The zero-order valence-corrected chi connectivity index (χ0v) is 17.0. The summed E-state index contributed by atoms with van der Waals surface area (Å²) in [4.78, 5) is 21.2. The average molecular weight is 390 g/mol. The lowest BCUT2D eigenvalue weighted by molar-refractivity contribution is 0.0945. The maximum Gasteiger partial charge on any atom is 0.270 e. The van der Waals surface area contributed by atoms with Crippen molar-refractivity contribution in [1.29, 1.82) is 0 Å². The third kappa shape index (κ3) is 6.04. The molecule has 1 heterocycles. The van der Waals surface area contributed by atoms with Crippen molar-refractivity contribution in [2.24, 2.45) is 0 Å². The maximum atomic E-state index is 12.5. The number of nitrogens with one attached hydrogen (secondary N) is 2. The fourth-order valence-corrected chi connectivity index (χ4v) is 2.92. The Hall–Kier alpha value is -3.41. The third-order valence-corrected chi connectivity index (χ3v) is 4.50. The molecule has 3 aromatic rings. The first kappa shape index (κ1) is 20.3. The van der Waals surface area contributed by atoms with Gasteiger partial charge in [0.1, 0.15) is 23.1 Å². The second-order valence-electron chi connectivity index (χ2n) is 6.88. The highest BCUT2D eigenvalue weighted by Gasteiger charge is 2.10. The lowest BCUT2D eigenvalue weighted by Gasteiger charge is -2.10. The van der Waals surface area contributed by atoms with Gasteiger partial charge in [0.2, 0.25) is 0 Å². The molecule has 0 radical (unpaired) electrons. The summed E-state index contributed by atoms with van der Waals surface area (Å²) in [5.74, 6) is 1.82. The quantitative estimate of drug-likeness (QED) is 0.614. The van der Waals surface area contributed by atoms with Crippen LogP contribution in [0.4, 0.5) is 5.82 Å². The standard InChI is InChI=1S/C23H26N4O2/c1-16-7-9-19(10-8-16)15-25-23(28)21-14-22(27-17(2)26-21)24-12-11-18-5-4-6-20(13-18)29-3/h4-10,13-14H,11-12,15H2,1-3H3,(H,25,28)(H,24,26,27). The predicted octanol–water partition coefficient (Wildman–Crippen LogP) is 3.69. The van der Waals surface area contributed by atoms with Gasteiger partial charge < -0.3 is 15.4 Å². The molecule has 2 aromatic carbocycles. The van der Waals surface area contributed by atoms with Crippen molar-refractivity contribution in [3.8, 4) is 5.75 Å². The topological polar surface area (TPSA) is 76.1 Å². The van der Waals surface area contributed by atoms with Crippen LogP contribution in [-0.2, 0) is 13.0 Å². The van der Waals surface area contributed by atoms with Crippen LogP contribution < -0.4 is 15.4 Å². The van der Waals surface area contributed by atoms with Gasteiger partial charge in [0.05, 0.1) is 7.11 Å². The van der Waals surface area contributed by atoms with Crippen molar-refractivity contribution in [2.45, 2.75) is 26.8 Å². The van der Waals surface area contributed by atoms with Gasteiger partial charge in [-0.05, 0) is 43.5 Å². The average Bonchev–Trinajstić information content (AvgIpc) is 2.73. The summed E-state index contributed by atoms with van der Waals surface area (Å²) in [6, 6.07) is 17.7. The van der Waals surface area contributed by atoms with Crippen molar-refractivity contribution < 1.29 is 9.53 Å². The van der Waals surface area contributed by atoms with Crippen molar-refractivity contribution in [1.82, 2.24) is 15.3 Å². The van der Waals surface area contributed by atoms with E-state index in [1.807, 2.05) is 49.4 Å². The van der Waals surface area contributed by atoms with Crippen molar-refractivity contribution in [3.63, 3.8) is 0 Å². The summed E-state index contributed by atoms with van der Waals surface area (Å²) in [6.07, 6.45) is 0.815. The number of rotatable bonds is 8. The largest absolute Gasteiger partial charge is 0.497 e. The number of nitrogens with zero attached hydrogens (tertiary/aromatic N) is 2. The number of carbonyl (C=O) groups is 1. The molecule has 1 amide bonds. The molecule has 0 aliphatic carbocycles. The van der Waals surface area contributed by atoms with E-state index in [1.54, 1.807) is 20.1 Å². The SMILES string of the molecule is COc1cccc(CCNc2cc(C(=O)NCc3ccc(C)cc3)nc(C)n2)c1. The minimum absolute atomic E-state index is 0.216. The van der Waals surface area contributed by atoms with Gasteiger partial charge in [0.25, 0.3) is 5.91 Å². The monoisotopic (exact) mass is 390 g/mol. The number of hydrogen-bond acceptors (Lipinski definition) is 5. The molecular weight excluding hydrogens is 364 g/mol. The highest BCUT2D eigenvalue weighted by Crippen LogP contribution is 2.13. The fraction of sp³-hybridized carbons (Fsp3) is 0.261. The predicted molar refractivity (Wildman–Crippen MR) is 114 cm³/mol. The molecule has 0 saturated heterocycles. The van der Waals surface area contributed by atoms with E-state index >= 15 is 0 Å². The van der Waals surface area contributed by atoms with Crippen LogP contribution in [0.3, 0.4) is 0 Å². The van der Waals surface area contributed by atoms with E-state index in [2.05, 4.69) is 26.7 Å². The van der Waals surface area contributed by atoms with Gasteiger partial charge in [0, 0.05) is 19.2 Å². The van der Waals surface area contributed by atoms with Crippen molar-refractivity contribution in [3.05, 3.63) is 82.8 Å². The molecule has 29 heavy (non-hydrogen) atoms. The van der Waals surface area contributed by atoms with E-state index in [1.165, 1.54) is 11.1 Å². The molecule has 0 spiro atoms. The first-order chi connectivity index (χ1) is 14.0. The highest BCUT2D eigenvalue weighted by molar-refractivity contribution is 5.92. The molecule has 0 fully saturated rings. The molecule has 0 unspecified atom stereocenters. The summed E-state index contributed by atoms with van der Waals surface area (Å²) >= 11 is 0. The Labute approximate surface area is 171 Å². The van der Waals surface area contributed by atoms with Gasteiger partial charge in [-0.25, -0.2) is 9.97 Å². The van der Waals surface area contributed by atoms with E-state index in [4.69, 9.17) is 4.74 Å². The zero-order chi connectivity index (χ0) is 20.6. The van der Waals surface area contributed by atoms with E-state index in [0.717, 1.165) is 17.7 Å². The Balaban J connectivity index is 1.58. The zero-order valence-electron chi connectivity index (χ0n) is 17.0. The second-order valence-corrected chi connectivity index (χ2v) is 6.88. The van der Waals surface area contributed by atoms with E-state index < -0.39 is 0 Å². The molecule has 0 bridgehead atoms. The van der Waals surface area contributed by atoms with Crippen molar-refractivity contribution in [2.75, 3.05) is 19.0 Å². The van der Waals surface area contributed by atoms with Crippen LogP contribution in [-0.4, -0.2) is 29.5 Å². The van der Waals surface area contributed by atoms with Crippen LogP contribution in [0.5, 0.6) is 5.75 Å². The first-order valence-corrected chi connectivity index (χ1v) is 9.60. The Bertz CT molecular complexity index is 971. The van der Waals surface area contributed by atoms with Crippen LogP contribution in [0.15, 0.2) is 54.6 Å². The molecule has 2 N–H and O–H groups in total. The molecule has 0 aliphatic rings. The van der Waals surface area contributed by atoms with Crippen LogP contribution in [0, 0.1) is 13.8 Å². The number of aryl methyl sites for hydroxylation is 2. The van der Waals surface area contributed by atoms with Gasteiger partial charge in [-0.15, -0.1) is 0 Å². The molecule has 0 saturated carbocycles. The molecule has 0 aliphatic heterocycles. The van der Waals surface area contributed by atoms with Crippen LogP contribution in [0.1, 0.15) is 33.0 Å². The molecule has 6 heteroatoms. The van der Waals surface area contributed by atoms with E-state index in [9.17, 15) is 4.79 Å². The second kappa shape index (κ2) is 9.68. The lowest BCUT2D eigenvalue weighted by atomic mass is 10.1. The Kier molecular flexibility index (Phi) is 6.79. The fourth-order valence-electron chi connectivity index (χ4n) is 2.92. The molecule has 3 rings (SSSR count). The number of methoxy groups -OCH3 is 1. The van der Waals surface area contributed by atoms with Gasteiger partial charge in [-0.3, -0.25) is 4.79 Å². The summed E-state index contributed by atoms with van der Waals surface area (Å²) in [5, 5.41) is 6.19. The summed E-state index contributed by atoms with van der Waals surface area (Å²) in [7, 11) is 1.66. The summed E-state index contributed by atoms with van der Waals surface area (Å²) < 4.78 is 5.25. The van der Waals surface area contributed by atoms with E-state index in [0.29, 0.717) is 30.4 Å². The smallest absolute Gasteiger partial charge is 0.270 e. The minimum Gasteiger partial charge on any atom is -0.497 e. The third-order valence-electron chi connectivity index (χ3n) is 4.50. The number of hydrogen-bond donors (Lipinski definition) is 2. The molecule has 6 nitrogen and oxygen atoms in total. The highest BCUT2D eigenvalue weighted by atomic mass is 16.5. The Morgan fingerprint density at radius 3 is 2.55 bits per heavy atom. The number of carbonyl (C=O) groups excluding carboxylic acids is 1. The summed E-state index contributed by atoms with van der Waals surface area (Å²) in [6.45, 7) is 4.97. The van der Waals surface area contributed by atoms with Crippen LogP contribution in [0.2, 0.25) is 0 Å². The summed E-state index contributed by atoms with van der Waals surface area (Å²) in [5.41, 5.74) is 3.76. The van der Waals surface area contributed by atoms with Gasteiger partial charge in [0.15, 0.2) is 0 Å². The Morgan fingerprint density at radius 2 is 1.79 bits per heavy atom. The number of benzene rings is 2. The normalized spacial score (nSPS) is 10.4. The number of anilines is 1. The molecule has 150 valence electrons. The van der Waals surface area contributed by atoms with E-state index in [-0.39, 0.29) is 5.91 Å². The number of aromatic nitrogens is 2. The lowest BCUT2D eigenvalue weighted by Crippen LogP contribution is -2.24. The number of amides is 1. The number of ether oxygens (including phenoxy) is 1. The van der Waals surface area contributed by atoms with Crippen molar-refractivity contribution >= 4 is 11.7 Å². The maximum absolute atomic E-state index is 12.5. The first-order valence-electron chi connectivity index (χ1n) is 9.60.